The van der Waals surface area contributed by atoms with E-state index in [1.54, 1.807) is 0 Å². The molecule has 2 aliphatic carbocycles. The minimum Gasteiger partial charge on any atom is -0.441 e. The molecule has 3 aromatic rings. The molecule has 2 saturated carbocycles. The average molecular weight is 489 g/mol. The van der Waals surface area contributed by atoms with Gasteiger partial charge in [0.15, 0.2) is 5.76 Å². The van der Waals surface area contributed by atoms with Crippen molar-refractivity contribution in [3.63, 3.8) is 0 Å². The van der Waals surface area contributed by atoms with Crippen LogP contribution < -0.4 is 5.32 Å². The summed E-state index contributed by atoms with van der Waals surface area (Å²) in [5.41, 5.74) is 5.25. The van der Waals surface area contributed by atoms with E-state index in [1.807, 2.05) is 44.2 Å². The number of ether oxygens (including phenoxy) is 1. The minimum absolute atomic E-state index is 0.250. The van der Waals surface area contributed by atoms with Crippen LogP contribution in [0.1, 0.15) is 97.5 Å². The molecule has 0 aliphatic heterocycles. The van der Waals surface area contributed by atoms with Gasteiger partial charge in [-0.3, -0.25) is 5.32 Å². The Morgan fingerprint density at radius 2 is 1.42 bits per heavy atom. The van der Waals surface area contributed by atoms with E-state index in [0.717, 1.165) is 42.9 Å². The zero-order valence-corrected chi connectivity index (χ0v) is 20.7. The predicted molar refractivity (Wildman–Crippen MR) is 134 cm³/mol. The molecule has 2 fully saturated rings. The third kappa shape index (κ3) is 6.29. The van der Waals surface area contributed by atoms with Crippen LogP contribution in [0.5, 0.6) is 0 Å². The number of carbonyl (C=O) groups is 1. The highest BCUT2D eigenvalue weighted by Crippen LogP contribution is 2.44. The van der Waals surface area contributed by atoms with Gasteiger partial charge in [-0.2, -0.15) is 9.59 Å². The van der Waals surface area contributed by atoms with Crippen molar-refractivity contribution >= 4 is 17.9 Å². The Hall–Kier alpha value is -3.70. The molecule has 1 atom stereocenters. The Bertz CT molecular complexity index is 1170. The number of rotatable bonds is 6. The van der Waals surface area contributed by atoms with E-state index in [0.29, 0.717) is 17.3 Å². The first-order chi connectivity index (χ1) is 17.5. The molecule has 1 unspecified atom stereocenters. The van der Waals surface area contributed by atoms with E-state index < -0.39 is 6.09 Å². The summed E-state index contributed by atoms with van der Waals surface area (Å²) >= 11 is 0. The first-order valence-electron chi connectivity index (χ1n) is 12.6. The zero-order valence-electron chi connectivity index (χ0n) is 20.7. The van der Waals surface area contributed by atoms with Gasteiger partial charge in [0.05, 0.1) is 0 Å². The van der Waals surface area contributed by atoms with E-state index in [4.69, 9.17) is 18.8 Å². The molecule has 5 rings (SSSR count). The molecule has 36 heavy (non-hydrogen) atoms. The van der Waals surface area contributed by atoms with Gasteiger partial charge < -0.3 is 9.26 Å². The SMILES string of the molecule is Cc1noc(C2CCC(c3ccc(C4CC4)cc3)CC2)c1NC(=O)OC(C)c1ccccc1.O=C=O. The number of aryl methyl sites for hydroxylation is 1. The summed E-state index contributed by atoms with van der Waals surface area (Å²) in [7, 11) is 0. The van der Waals surface area contributed by atoms with Crippen molar-refractivity contribution in [2.75, 3.05) is 5.32 Å². The lowest BCUT2D eigenvalue weighted by Gasteiger charge is -2.28. The fourth-order valence-corrected chi connectivity index (χ4v) is 5.05. The molecule has 0 radical (unpaired) electrons. The minimum atomic E-state index is -0.483. The number of carbonyl (C=O) groups excluding carboxylic acids is 3. The second kappa shape index (κ2) is 11.8. The fourth-order valence-electron chi connectivity index (χ4n) is 5.05. The van der Waals surface area contributed by atoms with Gasteiger partial charge >= 0.3 is 12.2 Å². The maximum atomic E-state index is 12.6. The molecule has 1 amide bonds. The molecule has 7 nitrogen and oxygen atoms in total. The number of benzene rings is 2. The zero-order chi connectivity index (χ0) is 25.5. The van der Waals surface area contributed by atoms with E-state index in [2.05, 4.69) is 34.7 Å². The van der Waals surface area contributed by atoms with E-state index in [-0.39, 0.29) is 18.2 Å². The van der Waals surface area contributed by atoms with Crippen LogP contribution in [-0.4, -0.2) is 17.4 Å². The van der Waals surface area contributed by atoms with Crippen LogP contribution in [0.15, 0.2) is 59.1 Å². The molecule has 1 N–H and O–H groups in total. The number of nitrogens with one attached hydrogen (secondary N) is 1. The van der Waals surface area contributed by atoms with Crippen molar-refractivity contribution in [1.82, 2.24) is 5.16 Å². The predicted octanol–water partition coefficient (Wildman–Crippen LogP) is 7.03. The number of anilines is 1. The standard InChI is InChI=1S/C28H32N2O3.CO2/c1-18-26(29-28(31)32-19(2)20-6-4-3-5-7-20)27(33-30-18)25-16-14-24(15-17-25)23-12-10-22(11-13-23)21-8-9-21;2-1-3/h3-7,10-13,19,21,24-25H,8-9,14-17H2,1-2H3,(H,29,31);. The van der Waals surface area contributed by atoms with Crippen LogP contribution in [0.25, 0.3) is 0 Å². The molecule has 1 heterocycles. The second-order valence-electron chi connectivity index (χ2n) is 9.66. The van der Waals surface area contributed by atoms with Crippen LogP contribution >= 0.6 is 0 Å². The maximum absolute atomic E-state index is 12.6. The molecule has 2 aliphatic rings. The van der Waals surface area contributed by atoms with E-state index in [1.165, 1.54) is 24.0 Å². The third-order valence-electron chi connectivity index (χ3n) is 7.22. The number of hydrogen-bond donors (Lipinski definition) is 1. The topological polar surface area (TPSA) is 98.5 Å². The molecular weight excluding hydrogens is 456 g/mol. The molecule has 0 saturated heterocycles. The summed E-state index contributed by atoms with van der Waals surface area (Å²) in [6.07, 6.45) is 6.39. The van der Waals surface area contributed by atoms with Gasteiger partial charge in [-0.05, 0) is 80.9 Å². The first kappa shape index (κ1) is 25.4. The van der Waals surface area contributed by atoms with Gasteiger partial charge in [-0.1, -0.05) is 59.8 Å². The van der Waals surface area contributed by atoms with Gasteiger partial charge in [0.2, 0.25) is 0 Å². The summed E-state index contributed by atoms with van der Waals surface area (Å²) in [6, 6.07) is 19.0. The van der Waals surface area contributed by atoms with Gasteiger partial charge in [0.25, 0.3) is 0 Å². The average Bonchev–Trinajstić information content (AvgIpc) is 3.69. The normalized spacial score (nSPS) is 19.8. The number of hydrogen-bond acceptors (Lipinski definition) is 6. The van der Waals surface area contributed by atoms with Gasteiger partial charge in [0, 0.05) is 5.92 Å². The smallest absolute Gasteiger partial charge is 0.412 e. The number of aromatic nitrogens is 1. The Balaban J connectivity index is 0.000000967. The Morgan fingerprint density at radius 1 is 0.917 bits per heavy atom. The Morgan fingerprint density at radius 3 is 1.94 bits per heavy atom. The molecule has 2 aromatic carbocycles. The summed E-state index contributed by atoms with van der Waals surface area (Å²) in [4.78, 5) is 28.8. The molecule has 0 bridgehead atoms. The largest absolute Gasteiger partial charge is 0.441 e. The monoisotopic (exact) mass is 488 g/mol. The van der Waals surface area contributed by atoms with Crippen LogP contribution in [0.3, 0.4) is 0 Å². The van der Waals surface area contributed by atoms with Crippen molar-refractivity contribution in [2.24, 2.45) is 0 Å². The van der Waals surface area contributed by atoms with Crippen molar-refractivity contribution in [2.45, 2.75) is 76.2 Å². The quantitative estimate of drug-likeness (QED) is 0.400. The molecular formula is C29H32N2O5. The van der Waals surface area contributed by atoms with Gasteiger partial charge in [0.1, 0.15) is 17.5 Å². The van der Waals surface area contributed by atoms with Gasteiger partial charge in [-0.25, -0.2) is 4.79 Å². The van der Waals surface area contributed by atoms with Crippen molar-refractivity contribution in [3.05, 3.63) is 82.7 Å². The van der Waals surface area contributed by atoms with Crippen molar-refractivity contribution in [1.29, 1.82) is 0 Å². The number of nitrogens with zero attached hydrogens (tertiary/aromatic N) is 1. The lowest BCUT2D eigenvalue weighted by atomic mass is 9.77. The van der Waals surface area contributed by atoms with Crippen molar-refractivity contribution < 1.29 is 23.6 Å². The van der Waals surface area contributed by atoms with Gasteiger partial charge in [-0.15, -0.1) is 0 Å². The fraction of sp³-hybridized carbons (Fsp3) is 0.414. The second-order valence-corrected chi connectivity index (χ2v) is 9.66. The highest BCUT2D eigenvalue weighted by atomic mass is 16.6. The molecule has 7 heteroatoms. The van der Waals surface area contributed by atoms with E-state index >= 15 is 0 Å². The highest BCUT2D eigenvalue weighted by Gasteiger charge is 2.30. The Kier molecular flexibility index (Phi) is 8.34. The van der Waals surface area contributed by atoms with Crippen LogP contribution in [0.2, 0.25) is 0 Å². The molecule has 188 valence electrons. The highest BCUT2D eigenvalue weighted by molar-refractivity contribution is 5.86. The first-order valence-corrected chi connectivity index (χ1v) is 12.6. The lowest BCUT2D eigenvalue weighted by molar-refractivity contribution is -0.191. The van der Waals surface area contributed by atoms with Crippen LogP contribution in [-0.2, 0) is 14.3 Å². The molecule has 1 aromatic heterocycles. The number of amides is 1. The van der Waals surface area contributed by atoms with Crippen molar-refractivity contribution in [3.8, 4) is 0 Å². The third-order valence-corrected chi connectivity index (χ3v) is 7.22. The lowest BCUT2D eigenvalue weighted by Crippen LogP contribution is -2.18. The summed E-state index contributed by atoms with van der Waals surface area (Å²) in [6.45, 7) is 3.73. The summed E-state index contributed by atoms with van der Waals surface area (Å²) < 4.78 is 11.3. The summed E-state index contributed by atoms with van der Waals surface area (Å²) in [5, 5.41) is 7.05. The summed E-state index contributed by atoms with van der Waals surface area (Å²) in [5.74, 6) is 2.43. The maximum Gasteiger partial charge on any atom is 0.412 e. The van der Waals surface area contributed by atoms with E-state index in [9.17, 15) is 4.79 Å². The Labute approximate surface area is 211 Å². The molecule has 0 spiro atoms. The van der Waals surface area contributed by atoms with Crippen LogP contribution in [0, 0.1) is 6.92 Å². The van der Waals surface area contributed by atoms with Crippen LogP contribution in [0.4, 0.5) is 10.5 Å².